The third kappa shape index (κ3) is 5.18. The lowest BCUT2D eigenvalue weighted by Gasteiger charge is -2.41. The zero-order valence-electron chi connectivity index (χ0n) is 24.6. The maximum absolute atomic E-state index is 14.9. The van der Waals surface area contributed by atoms with Gasteiger partial charge in [-0.3, -0.25) is 4.79 Å². The van der Waals surface area contributed by atoms with E-state index in [4.69, 9.17) is 36.5 Å². The van der Waals surface area contributed by atoms with Gasteiger partial charge in [0, 0.05) is 42.3 Å². The Morgan fingerprint density at radius 1 is 1.32 bits per heavy atom. The number of likely N-dealkylation sites (tertiary alicyclic amines) is 1. The van der Waals surface area contributed by atoms with Gasteiger partial charge in [0.15, 0.2) is 0 Å². The van der Waals surface area contributed by atoms with E-state index in [0.29, 0.717) is 70.6 Å². The summed E-state index contributed by atoms with van der Waals surface area (Å²) in [5.41, 5.74) is 9.16. The molecule has 0 unspecified atom stereocenters. The van der Waals surface area contributed by atoms with Gasteiger partial charge in [-0.15, -0.1) is 0 Å². The number of anilines is 2. The second-order valence-electron chi connectivity index (χ2n) is 11.4. The fourth-order valence-electron chi connectivity index (χ4n) is 6.35. The van der Waals surface area contributed by atoms with Crippen LogP contribution >= 0.6 is 11.6 Å². The van der Waals surface area contributed by atoms with Crippen LogP contribution in [0.1, 0.15) is 24.8 Å². The number of rotatable bonds is 7. The highest BCUT2D eigenvalue weighted by atomic mass is 35.5. The summed E-state index contributed by atoms with van der Waals surface area (Å²) in [6.07, 6.45) is 5.09. The van der Waals surface area contributed by atoms with Crippen molar-refractivity contribution < 1.29 is 18.3 Å². The fourth-order valence-corrected chi connectivity index (χ4v) is 6.65. The third-order valence-corrected chi connectivity index (χ3v) is 9.16. The molecule has 4 aromatic rings. The number of likely N-dealkylation sites (N-methyl/N-ethyl adjacent to an activating group) is 1. The standard InChI is InChI=1S/C32H33ClFN7O3/c1-4-26(42)41-12-11-40(16-19(41)7-9-35)31-28-25(37-32(38-31)44-17-20-6-5-10-39(20)3)14-22(21-8-13-43-30(21)28)27-18(2)24(36)15-23(34)29(27)33/h4,8,13-15,19-20H,1,5-7,10-12,16-17,36H2,2-3H3/t19-,20-/m0/s1. The third-order valence-electron chi connectivity index (χ3n) is 8.79. The second-order valence-corrected chi connectivity index (χ2v) is 11.7. The molecule has 0 spiro atoms. The quantitative estimate of drug-likeness (QED) is 0.217. The first kappa shape index (κ1) is 29.7. The van der Waals surface area contributed by atoms with E-state index in [-0.39, 0.29) is 41.1 Å². The number of nitrogens with two attached hydrogens (primary N) is 1. The van der Waals surface area contributed by atoms with E-state index in [1.165, 1.54) is 12.1 Å². The summed E-state index contributed by atoms with van der Waals surface area (Å²) >= 11 is 6.54. The first-order valence-electron chi connectivity index (χ1n) is 14.6. The van der Waals surface area contributed by atoms with Crippen molar-refractivity contribution in [3.05, 3.63) is 53.5 Å². The number of halogens is 2. The number of aromatic nitrogens is 2. The van der Waals surface area contributed by atoms with Crippen LogP contribution in [0.15, 0.2) is 41.5 Å². The Kier molecular flexibility index (Phi) is 8.05. The first-order valence-corrected chi connectivity index (χ1v) is 14.9. The average Bonchev–Trinajstić information content (AvgIpc) is 3.67. The summed E-state index contributed by atoms with van der Waals surface area (Å²) in [6, 6.07) is 7.11. The fraction of sp³-hybridized carbons (Fsp3) is 0.375. The molecule has 2 aromatic heterocycles. The Balaban J connectivity index is 1.53. The number of benzene rings is 2. The van der Waals surface area contributed by atoms with Gasteiger partial charge in [-0.1, -0.05) is 18.2 Å². The van der Waals surface area contributed by atoms with Crippen molar-refractivity contribution in [1.82, 2.24) is 19.8 Å². The van der Waals surface area contributed by atoms with E-state index in [0.717, 1.165) is 19.4 Å². The molecule has 44 heavy (non-hydrogen) atoms. The summed E-state index contributed by atoms with van der Waals surface area (Å²) in [4.78, 5) is 28.3. The number of hydrogen-bond donors (Lipinski definition) is 1. The van der Waals surface area contributed by atoms with Gasteiger partial charge in [-0.05, 0) is 68.8 Å². The zero-order valence-corrected chi connectivity index (χ0v) is 25.4. The molecule has 6 rings (SSSR count). The molecule has 0 aliphatic carbocycles. The van der Waals surface area contributed by atoms with Gasteiger partial charge in [-0.2, -0.15) is 15.2 Å². The van der Waals surface area contributed by atoms with Crippen LogP contribution in [0.3, 0.4) is 0 Å². The molecule has 4 heterocycles. The smallest absolute Gasteiger partial charge is 0.319 e. The molecule has 2 N–H and O–H groups in total. The number of hydrogen-bond acceptors (Lipinski definition) is 9. The van der Waals surface area contributed by atoms with Crippen LogP contribution in [0.25, 0.3) is 33.0 Å². The maximum Gasteiger partial charge on any atom is 0.319 e. The van der Waals surface area contributed by atoms with Gasteiger partial charge in [0.2, 0.25) is 5.91 Å². The number of ether oxygens (including phenoxy) is 1. The number of carbonyl (C=O) groups is 1. The van der Waals surface area contributed by atoms with Crippen molar-refractivity contribution >= 4 is 50.9 Å². The molecule has 0 radical (unpaired) electrons. The number of furan rings is 1. The molecule has 2 saturated heterocycles. The number of piperazine rings is 1. The van der Waals surface area contributed by atoms with Gasteiger partial charge in [0.05, 0.1) is 40.7 Å². The minimum absolute atomic E-state index is 0.0454. The lowest BCUT2D eigenvalue weighted by molar-refractivity contribution is -0.128. The predicted molar refractivity (Wildman–Crippen MR) is 168 cm³/mol. The van der Waals surface area contributed by atoms with Gasteiger partial charge < -0.3 is 29.6 Å². The largest absolute Gasteiger partial charge is 0.463 e. The monoisotopic (exact) mass is 617 g/mol. The van der Waals surface area contributed by atoms with E-state index in [1.807, 2.05) is 11.0 Å². The number of amides is 1. The molecule has 2 fully saturated rings. The molecule has 0 saturated carbocycles. The summed E-state index contributed by atoms with van der Waals surface area (Å²) < 4.78 is 27.1. The molecule has 2 aromatic carbocycles. The van der Waals surface area contributed by atoms with Gasteiger partial charge in [-0.25, -0.2) is 4.39 Å². The highest BCUT2D eigenvalue weighted by Crippen LogP contribution is 2.44. The molecular weight excluding hydrogens is 585 g/mol. The summed E-state index contributed by atoms with van der Waals surface area (Å²) in [5.74, 6) is -0.279. The Labute approximate surface area is 259 Å². The number of nitrogens with zero attached hydrogens (tertiary/aromatic N) is 6. The van der Waals surface area contributed by atoms with Crippen LogP contribution in [0.5, 0.6) is 6.01 Å². The lowest BCUT2D eigenvalue weighted by Crippen LogP contribution is -2.55. The minimum atomic E-state index is -0.620. The highest BCUT2D eigenvalue weighted by molar-refractivity contribution is 6.34. The Morgan fingerprint density at radius 3 is 2.86 bits per heavy atom. The van der Waals surface area contributed by atoms with Gasteiger partial charge >= 0.3 is 6.01 Å². The highest BCUT2D eigenvalue weighted by Gasteiger charge is 2.32. The summed E-state index contributed by atoms with van der Waals surface area (Å²) in [7, 11) is 2.07. The van der Waals surface area contributed by atoms with Gasteiger partial charge in [0.1, 0.15) is 23.8 Å². The van der Waals surface area contributed by atoms with Crippen LogP contribution < -0.4 is 15.4 Å². The number of nitriles is 1. The molecule has 228 valence electrons. The van der Waals surface area contributed by atoms with Crippen LogP contribution in [0.4, 0.5) is 15.9 Å². The van der Waals surface area contributed by atoms with Gasteiger partial charge in [0.25, 0.3) is 0 Å². The van der Waals surface area contributed by atoms with Crippen molar-refractivity contribution in [2.24, 2.45) is 0 Å². The average molecular weight is 618 g/mol. The molecular formula is C32H33ClFN7O3. The molecule has 2 atom stereocenters. The topological polar surface area (TPSA) is 125 Å². The number of nitrogen functional groups attached to an aromatic ring is 1. The second kappa shape index (κ2) is 11.9. The molecule has 0 bridgehead atoms. The van der Waals surface area contributed by atoms with Crippen molar-refractivity contribution in [2.45, 2.75) is 38.3 Å². The zero-order chi connectivity index (χ0) is 31.1. The van der Waals surface area contributed by atoms with Crippen LogP contribution in [-0.4, -0.2) is 77.6 Å². The normalized spacial score (nSPS) is 19.1. The maximum atomic E-state index is 14.9. The van der Waals surface area contributed by atoms with E-state index in [9.17, 15) is 14.4 Å². The Bertz CT molecular complexity index is 1790. The Morgan fingerprint density at radius 2 is 2.14 bits per heavy atom. The molecule has 2 aliphatic rings. The number of carbonyl (C=O) groups excluding carboxylic acids is 1. The van der Waals surface area contributed by atoms with E-state index in [1.54, 1.807) is 24.2 Å². The van der Waals surface area contributed by atoms with Crippen molar-refractivity contribution in [1.29, 1.82) is 5.26 Å². The summed E-state index contributed by atoms with van der Waals surface area (Å²) in [5, 5.41) is 10.8. The van der Waals surface area contributed by atoms with Crippen molar-refractivity contribution in [3.8, 4) is 23.2 Å². The molecule has 12 heteroatoms. The lowest BCUT2D eigenvalue weighted by atomic mass is 9.94. The molecule has 2 aliphatic heterocycles. The van der Waals surface area contributed by atoms with Crippen LogP contribution in [-0.2, 0) is 4.79 Å². The first-order chi connectivity index (χ1) is 21.2. The van der Waals surface area contributed by atoms with Crippen LogP contribution in [0.2, 0.25) is 5.02 Å². The Hall–Kier alpha value is -4.40. The number of fused-ring (bicyclic) bond motifs is 3. The molecule has 1 amide bonds. The predicted octanol–water partition coefficient (Wildman–Crippen LogP) is 5.32. The SMILES string of the molecule is C=CC(=O)N1CCN(c2nc(OC[C@@H]3CCCN3C)nc3cc(-c4c(C)c(N)cc(F)c4Cl)c4ccoc4c23)C[C@@H]1CC#N. The molecule has 10 nitrogen and oxygen atoms in total. The van der Waals surface area contributed by atoms with E-state index < -0.39 is 5.82 Å². The van der Waals surface area contributed by atoms with Crippen LogP contribution in [0, 0.1) is 24.1 Å². The van der Waals surface area contributed by atoms with E-state index in [2.05, 4.69) is 24.6 Å². The van der Waals surface area contributed by atoms with Crippen molar-refractivity contribution in [3.63, 3.8) is 0 Å². The summed E-state index contributed by atoms with van der Waals surface area (Å²) in [6.45, 7) is 8.03. The minimum Gasteiger partial charge on any atom is -0.463 e. The van der Waals surface area contributed by atoms with E-state index >= 15 is 0 Å². The van der Waals surface area contributed by atoms with Crippen molar-refractivity contribution in [2.75, 3.05) is 50.5 Å².